The number of hydrogen-bond acceptors (Lipinski definition) is 3. The van der Waals surface area contributed by atoms with Crippen molar-refractivity contribution in [2.75, 3.05) is 5.32 Å². The lowest BCUT2D eigenvalue weighted by molar-refractivity contribution is -0.115. The number of para-hydroxylation sites is 1. The monoisotopic (exact) mass is 283 g/mol. The third-order valence-corrected chi connectivity index (χ3v) is 3.30. The van der Waals surface area contributed by atoms with Crippen LogP contribution in [0, 0.1) is 0 Å². The lowest BCUT2D eigenvalue weighted by Gasteiger charge is -2.10. The van der Waals surface area contributed by atoms with Crippen LogP contribution in [0.1, 0.15) is 21.5 Å². The Labute approximate surface area is 121 Å². The molecule has 0 aromatic heterocycles. The highest BCUT2D eigenvalue weighted by molar-refractivity contribution is 6.00. The highest BCUT2D eigenvalue weighted by Gasteiger charge is 2.21. The third kappa shape index (κ3) is 2.72. The molecule has 1 heterocycles. The fraction of sp³-hybridized carbons (Fsp3) is 0.125. The summed E-state index contributed by atoms with van der Waals surface area (Å²) in [6.45, 7) is 0.243. The molecule has 0 radical (unpaired) electrons. The molecule has 0 fully saturated rings. The molecule has 2 N–H and O–H groups in total. The number of aromatic carboxylic acids is 1. The fourth-order valence-electron chi connectivity index (χ4n) is 2.30. The van der Waals surface area contributed by atoms with Gasteiger partial charge in [-0.05, 0) is 29.3 Å². The molecule has 2 aromatic rings. The molecule has 5 heteroatoms. The van der Waals surface area contributed by atoms with E-state index in [0.717, 1.165) is 11.1 Å². The van der Waals surface area contributed by atoms with Crippen LogP contribution in [0.15, 0.2) is 42.5 Å². The minimum absolute atomic E-state index is 0.0473. The van der Waals surface area contributed by atoms with Gasteiger partial charge in [-0.2, -0.15) is 0 Å². The molecule has 0 saturated heterocycles. The van der Waals surface area contributed by atoms with Crippen LogP contribution in [-0.4, -0.2) is 17.0 Å². The van der Waals surface area contributed by atoms with Gasteiger partial charge in [0, 0.05) is 0 Å². The number of hydrogen-bond donors (Lipinski definition) is 2. The number of carboxylic acids is 1. The number of carbonyl (C=O) groups excluding carboxylic acids is 1. The Hall–Kier alpha value is -2.82. The second kappa shape index (κ2) is 5.28. The predicted molar refractivity (Wildman–Crippen MR) is 76.5 cm³/mol. The molecule has 0 saturated carbocycles. The van der Waals surface area contributed by atoms with Gasteiger partial charge in [-0.15, -0.1) is 0 Å². The lowest BCUT2D eigenvalue weighted by Crippen LogP contribution is -2.05. The molecule has 0 spiro atoms. The maximum absolute atomic E-state index is 11.4. The van der Waals surface area contributed by atoms with Gasteiger partial charge in [-0.25, -0.2) is 4.79 Å². The molecular weight excluding hydrogens is 270 g/mol. The normalized spacial score (nSPS) is 12.7. The van der Waals surface area contributed by atoms with Crippen LogP contribution in [0.5, 0.6) is 5.75 Å². The molecule has 1 amide bonds. The smallest absolute Gasteiger partial charge is 0.335 e. The van der Waals surface area contributed by atoms with Crippen molar-refractivity contribution in [3.63, 3.8) is 0 Å². The molecule has 0 aliphatic carbocycles. The molecule has 21 heavy (non-hydrogen) atoms. The number of amides is 1. The van der Waals surface area contributed by atoms with Gasteiger partial charge >= 0.3 is 5.97 Å². The molecule has 2 aromatic carbocycles. The number of carboxylic acid groups (broad SMARTS) is 1. The maximum atomic E-state index is 11.4. The van der Waals surface area contributed by atoms with Crippen LogP contribution in [0.4, 0.5) is 5.69 Å². The van der Waals surface area contributed by atoms with Crippen molar-refractivity contribution in [2.24, 2.45) is 0 Å². The van der Waals surface area contributed by atoms with Crippen LogP contribution in [0.2, 0.25) is 0 Å². The summed E-state index contributed by atoms with van der Waals surface area (Å²) in [5.41, 5.74) is 2.60. The summed E-state index contributed by atoms with van der Waals surface area (Å²) in [5.74, 6) is -0.419. The molecule has 3 rings (SSSR count). The zero-order valence-electron chi connectivity index (χ0n) is 11.1. The van der Waals surface area contributed by atoms with Gasteiger partial charge in [0.2, 0.25) is 5.91 Å². The van der Waals surface area contributed by atoms with E-state index in [4.69, 9.17) is 9.84 Å². The quantitative estimate of drug-likeness (QED) is 0.903. The first-order valence-corrected chi connectivity index (χ1v) is 6.50. The standard InChI is InChI=1S/C16H13NO4/c18-14-8-11-4-2-6-13(15(11)17-14)21-9-10-3-1-5-12(7-10)16(19)20/h1-7H,8-9H2,(H,17,18)(H,19,20). The summed E-state index contributed by atoms with van der Waals surface area (Å²) in [5, 5.41) is 11.7. The second-order valence-corrected chi connectivity index (χ2v) is 4.81. The minimum atomic E-state index is -0.968. The van der Waals surface area contributed by atoms with E-state index in [0.29, 0.717) is 17.9 Å². The summed E-state index contributed by atoms with van der Waals surface area (Å²) in [6.07, 6.45) is 0.362. The van der Waals surface area contributed by atoms with Crippen molar-refractivity contribution in [2.45, 2.75) is 13.0 Å². The van der Waals surface area contributed by atoms with Gasteiger partial charge in [0.25, 0.3) is 0 Å². The van der Waals surface area contributed by atoms with E-state index in [2.05, 4.69) is 5.32 Å². The zero-order valence-corrected chi connectivity index (χ0v) is 11.1. The number of nitrogens with one attached hydrogen (secondary N) is 1. The van der Waals surface area contributed by atoms with E-state index in [1.165, 1.54) is 6.07 Å². The summed E-state index contributed by atoms with van der Waals surface area (Å²) in [7, 11) is 0. The Balaban J connectivity index is 1.77. The SMILES string of the molecule is O=C1Cc2cccc(OCc3cccc(C(=O)O)c3)c2N1. The Morgan fingerprint density at radius 1 is 1.24 bits per heavy atom. The van der Waals surface area contributed by atoms with Crippen LogP contribution < -0.4 is 10.1 Å². The molecular formula is C16H13NO4. The second-order valence-electron chi connectivity index (χ2n) is 4.81. The predicted octanol–water partition coefficient (Wildman–Crippen LogP) is 2.46. The minimum Gasteiger partial charge on any atom is -0.487 e. The Bertz CT molecular complexity index is 724. The van der Waals surface area contributed by atoms with Crippen molar-refractivity contribution < 1.29 is 19.4 Å². The van der Waals surface area contributed by atoms with E-state index in [1.807, 2.05) is 12.1 Å². The summed E-state index contributed by atoms with van der Waals surface area (Å²) in [6, 6.07) is 12.1. The largest absolute Gasteiger partial charge is 0.487 e. The summed E-state index contributed by atoms with van der Waals surface area (Å²) >= 11 is 0. The van der Waals surface area contributed by atoms with E-state index in [9.17, 15) is 9.59 Å². The van der Waals surface area contributed by atoms with Crippen molar-refractivity contribution in [1.29, 1.82) is 0 Å². The first-order chi connectivity index (χ1) is 10.1. The van der Waals surface area contributed by atoms with E-state index in [-0.39, 0.29) is 18.1 Å². The van der Waals surface area contributed by atoms with Crippen molar-refractivity contribution in [3.8, 4) is 5.75 Å². The summed E-state index contributed by atoms with van der Waals surface area (Å²) in [4.78, 5) is 22.3. The third-order valence-electron chi connectivity index (χ3n) is 3.30. The molecule has 106 valence electrons. The molecule has 1 aliphatic rings. The first-order valence-electron chi connectivity index (χ1n) is 6.50. The van der Waals surface area contributed by atoms with Crippen LogP contribution in [0.3, 0.4) is 0 Å². The molecule has 5 nitrogen and oxygen atoms in total. The highest BCUT2D eigenvalue weighted by atomic mass is 16.5. The van der Waals surface area contributed by atoms with Gasteiger partial charge in [-0.1, -0.05) is 24.3 Å². The Kier molecular flexibility index (Phi) is 3.31. The van der Waals surface area contributed by atoms with E-state index in [1.54, 1.807) is 24.3 Å². The molecule has 1 aliphatic heterocycles. The topological polar surface area (TPSA) is 75.6 Å². The lowest BCUT2D eigenvalue weighted by atomic mass is 10.1. The van der Waals surface area contributed by atoms with E-state index >= 15 is 0 Å². The number of anilines is 1. The average Bonchev–Trinajstić information content (AvgIpc) is 2.86. The van der Waals surface area contributed by atoms with Gasteiger partial charge in [-0.3, -0.25) is 4.79 Å². The number of rotatable bonds is 4. The van der Waals surface area contributed by atoms with Gasteiger partial charge in [0.05, 0.1) is 17.7 Å². The van der Waals surface area contributed by atoms with Crippen LogP contribution in [-0.2, 0) is 17.8 Å². The first kappa shape index (κ1) is 13.2. The Morgan fingerprint density at radius 2 is 2.05 bits per heavy atom. The molecule has 0 bridgehead atoms. The average molecular weight is 283 g/mol. The maximum Gasteiger partial charge on any atom is 0.335 e. The number of ether oxygens (including phenoxy) is 1. The number of benzene rings is 2. The van der Waals surface area contributed by atoms with Crippen molar-refractivity contribution >= 4 is 17.6 Å². The molecule has 0 unspecified atom stereocenters. The van der Waals surface area contributed by atoms with Crippen LogP contribution >= 0.6 is 0 Å². The van der Waals surface area contributed by atoms with Crippen molar-refractivity contribution in [3.05, 3.63) is 59.2 Å². The van der Waals surface area contributed by atoms with Crippen molar-refractivity contribution in [1.82, 2.24) is 0 Å². The zero-order chi connectivity index (χ0) is 14.8. The Morgan fingerprint density at radius 3 is 2.86 bits per heavy atom. The number of carbonyl (C=O) groups is 2. The summed E-state index contributed by atoms with van der Waals surface area (Å²) < 4.78 is 5.71. The fourth-order valence-corrected chi connectivity index (χ4v) is 2.30. The molecule has 0 atom stereocenters. The van der Waals surface area contributed by atoms with Crippen LogP contribution in [0.25, 0.3) is 0 Å². The van der Waals surface area contributed by atoms with Gasteiger partial charge in [0.15, 0.2) is 0 Å². The van der Waals surface area contributed by atoms with Gasteiger partial charge in [0.1, 0.15) is 12.4 Å². The van der Waals surface area contributed by atoms with E-state index < -0.39 is 5.97 Å². The van der Waals surface area contributed by atoms with Gasteiger partial charge < -0.3 is 15.2 Å². The highest BCUT2D eigenvalue weighted by Crippen LogP contribution is 2.33. The number of fused-ring (bicyclic) bond motifs is 1.